The molecule has 0 atom stereocenters. The number of amides is 2. The summed E-state index contributed by atoms with van der Waals surface area (Å²) in [6.45, 7) is 0.623. The van der Waals surface area contributed by atoms with Crippen molar-refractivity contribution in [2.45, 2.75) is 41.6 Å². The Hall–Kier alpha value is -1.53. The Bertz CT molecular complexity index is 822. The first-order valence-electron chi connectivity index (χ1n) is 8.18. The highest BCUT2D eigenvalue weighted by Gasteiger charge is 2.48. The minimum absolute atomic E-state index is 0.0279. The Balaban J connectivity index is 1.84. The number of sulfonamides is 1. The van der Waals surface area contributed by atoms with Crippen LogP contribution in [0.2, 0.25) is 0 Å². The minimum Gasteiger partial charge on any atom is -0.381 e. The summed E-state index contributed by atoms with van der Waals surface area (Å²) in [4.78, 5) is 23.7. The van der Waals surface area contributed by atoms with Crippen molar-refractivity contribution in [3.05, 3.63) is 11.6 Å². The largest absolute Gasteiger partial charge is 0.381 e. The second-order valence-corrected chi connectivity index (χ2v) is 9.71. The molecule has 0 bridgehead atoms. The third-order valence-corrected chi connectivity index (χ3v) is 8.08. The molecule has 2 heterocycles. The van der Waals surface area contributed by atoms with E-state index in [4.69, 9.17) is 10.5 Å². The van der Waals surface area contributed by atoms with Gasteiger partial charge in [0.25, 0.3) is 21.8 Å². The quantitative estimate of drug-likeness (QED) is 0.616. The first-order chi connectivity index (χ1) is 12.2. The summed E-state index contributed by atoms with van der Waals surface area (Å²) in [5.41, 5.74) is 3.79. The first-order valence-corrected chi connectivity index (χ1v) is 10.4. The van der Waals surface area contributed by atoms with Crippen LogP contribution >= 0.6 is 11.3 Å². The molecule has 0 radical (unpaired) electrons. The lowest BCUT2D eigenvalue weighted by molar-refractivity contribution is -0.125. The van der Waals surface area contributed by atoms with Gasteiger partial charge in [0.05, 0.1) is 11.7 Å². The van der Waals surface area contributed by atoms with Crippen LogP contribution in [0.4, 0.5) is 5.00 Å². The van der Waals surface area contributed by atoms with E-state index in [9.17, 15) is 23.1 Å². The molecule has 0 aromatic carbocycles. The number of thiophene rings is 1. The van der Waals surface area contributed by atoms with Crippen molar-refractivity contribution in [2.24, 2.45) is 5.73 Å². The van der Waals surface area contributed by atoms with Gasteiger partial charge in [-0.15, -0.1) is 11.3 Å². The zero-order chi connectivity index (χ0) is 19.1. The summed E-state index contributed by atoms with van der Waals surface area (Å²) in [5, 5.41) is 12.3. The van der Waals surface area contributed by atoms with Crippen LogP contribution in [-0.2, 0) is 19.6 Å². The molecule has 26 heavy (non-hydrogen) atoms. The van der Waals surface area contributed by atoms with E-state index in [0.717, 1.165) is 11.3 Å². The normalized spacial score (nSPS) is 20.7. The molecule has 4 N–H and O–H groups in total. The molecule has 1 aliphatic heterocycles. The molecule has 1 aliphatic carbocycles. The number of methoxy groups -OCH3 is 1. The minimum atomic E-state index is -3.81. The van der Waals surface area contributed by atoms with E-state index in [1.807, 2.05) is 0 Å². The van der Waals surface area contributed by atoms with E-state index < -0.39 is 27.4 Å². The average molecular weight is 403 g/mol. The van der Waals surface area contributed by atoms with Crippen LogP contribution in [0.1, 0.15) is 36.0 Å². The number of hydrogen-bond acceptors (Lipinski definition) is 7. The lowest BCUT2D eigenvalue weighted by Crippen LogP contribution is -2.40. The molecule has 1 aromatic rings. The third kappa shape index (κ3) is 3.62. The van der Waals surface area contributed by atoms with Gasteiger partial charge in [-0.1, -0.05) is 0 Å². The van der Waals surface area contributed by atoms with E-state index in [1.54, 1.807) is 7.11 Å². The van der Waals surface area contributed by atoms with Gasteiger partial charge in [0.15, 0.2) is 0 Å². The number of carbonyl (C=O) groups is 2. The molecule has 3 rings (SSSR count). The molecule has 1 aromatic heterocycles. The summed E-state index contributed by atoms with van der Waals surface area (Å²) in [6, 6.07) is 1.18. The molecular weight excluding hydrogens is 382 g/mol. The topological polar surface area (TPSA) is 139 Å². The summed E-state index contributed by atoms with van der Waals surface area (Å²) >= 11 is 0.762. The van der Waals surface area contributed by atoms with Gasteiger partial charge in [-0.05, 0) is 31.7 Å². The molecule has 1 saturated heterocycles. The Labute approximate surface area is 155 Å². The number of aliphatic hydroxyl groups is 1. The number of rotatable bonds is 6. The maximum atomic E-state index is 12.8. The number of nitrogens with one attached hydrogen (secondary N) is 1. The molecular formula is C15H21N3O6S2. The van der Waals surface area contributed by atoms with Crippen molar-refractivity contribution in [1.29, 1.82) is 0 Å². The van der Waals surface area contributed by atoms with Gasteiger partial charge in [-0.3, -0.25) is 9.59 Å². The molecule has 0 spiro atoms. The van der Waals surface area contributed by atoms with Gasteiger partial charge in [0.1, 0.15) is 14.8 Å². The van der Waals surface area contributed by atoms with Crippen LogP contribution < -0.4 is 11.1 Å². The van der Waals surface area contributed by atoms with Crippen molar-refractivity contribution in [1.82, 2.24) is 4.31 Å². The Kier molecular flexibility index (Phi) is 5.10. The molecule has 0 unspecified atom stereocenters. The van der Waals surface area contributed by atoms with Crippen molar-refractivity contribution in [2.75, 3.05) is 25.5 Å². The van der Waals surface area contributed by atoms with Gasteiger partial charge in [-0.2, -0.15) is 4.31 Å². The van der Waals surface area contributed by atoms with E-state index >= 15 is 0 Å². The van der Waals surface area contributed by atoms with Crippen LogP contribution in [0.15, 0.2) is 10.3 Å². The van der Waals surface area contributed by atoms with Crippen LogP contribution in [-0.4, -0.2) is 61.5 Å². The highest BCUT2D eigenvalue weighted by atomic mass is 32.2. The lowest BCUT2D eigenvalue weighted by atomic mass is 10.1. The molecule has 144 valence electrons. The number of nitrogens with zero attached hydrogens (tertiary/aromatic N) is 1. The number of anilines is 1. The van der Waals surface area contributed by atoms with Gasteiger partial charge in [-0.25, -0.2) is 8.42 Å². The first kappa shape index (κ1) is 19.2. The molecule has 11 heteroatoms. The molecule has 1 saturated carbocycles. The van der Waals surface area contributed by atoms with Crippen molar-refractivity contribution >= 4 is 38.2 Å². The number of primary amides is 1. The van der Waals surface area contributed by atoms with Crippen LogP contribution in [0.5, 0.6) is 0 Å². The van der Waals surface area contributed by atoms with E-state index in [1.165, 1.54) is 10.4 Å². The predicted molar refractivity (Wildman–Crippen MR) is 94.4 cm³/mol. The second kappa shape index (κ2) is 6.89. The van der Waals surface area contributed by atoms with Gasteiger partial charge in [0.2, 0.25) is 0 Å². The molecule has 2 amide bonds. The maximum absolute atomic E-state index is 12.8. The highest BCUT2D eigenvalue weighted by molar-refractivity contribution is 7.91. The zero-order valence-electron chi connectivity index (χ0n) is 14.2. The summed E-state index contributed by atoms with van der Waals surface area (Å²) in [6.07, 6.45) is 1.85. The van der Waals surface area contributed by atoms with Crippen molar-refractivity contribution in [3.8, 4) is 0 Å². The Morgan fingerprint density at radius 3 is 2.50 bits per heavy atom. The van der Waals surface area contributed by atoms with Gasteiger partial charge < -0.3 is 20.9 Å². The SMILES string of the molecule is COC1CCN(S(=O)(=O)c2cc(C(N)=O)c(NC(=O)C3(O)CC3)s2)CC1. The fraction of sp³-hybridized carbons (Fsp3) is 0.600. The van der Waals surface area contributed by atoms with Gasteiger partial charge >= 0.3 is 0 Å². The van der Waals surface area contributed by atoms with Gasteiger partial charge in [0, 0.05) is 20.2 Å². The number of piperidine rings is 1. The Morgan fingerprint density at radius 2 is 2.00 bits per heavy atom. The molecule has 2 aliphatic rings. The standard InChI is InChI=1S/C15H21N3O6S2/c1-24-9-2-6-18(7-3-9)26(22,23)11-8-10(12(16)19)13(25-11)17-14(20)15(21)4-5-15/h8-9,21H,2-7H2,1H3,(H2,16,19)(H,17,20). The molecule has 2 fully saturated rings. The average Bonchev–Trinajstić information content (AvgIpc) is 3.21. The number of ether oxygens (including phenoxy) is 1. The smallest absolute Gasteiger partial charge is 0.256 e. The maximum Gasteiger partial charge on any atom is 0.256 e. The van der Waals surface area contributed by atoms with E-state index in [0.29, 0.717) is 38.8 Å². The van der Waals surface area contributed by atoms with Crippen molar-refractivity contribution < 1.29 is 27.9 Å². The zero-order valence-corrected chi connectivity index (χ0v) is 15.9. The van der Waals surface area contributed by atoms with Crippen LogP contribution in [0.3, 0.4) is 0 Å². The number of carbonyl (C=O) groups excluding carboxylic acids is 2. The fourth-order valence-electron chi connectivity index (χ4n) is 2.77. The van der Waals surface area contributed by atoms with Crippen LogP contribution in [0.25, 0.3) is 0 Å². The van der Waals surface area contributed by atoms with E-state index in [-0.39, 0.29) is 20.9 Å². The van der Waals surface area contributed by atoms with E-state index in [2.05, 4.69) is 5.32 Å². The predicted octanol–water partition coefficient (Wildman–Crippen LogP) is 0.110. The summed E-state index contributed by atoms with van der Waals surface area (Å²) in [5.74, 6) is -1.51. The third-order valence-electron chi connectivity index (χ3n) is 4.68. The fourth-order valence-corrected chi connectivity index (χ4v) is 5.76. The lowest BCUT2D eigenvalue weighted by Gasteiger charge is -2.29. The monoisotopic (exact) mass is 403 g/mol. The van der Waals surface area contributed by atoms with Crippen LogP contribution in [0, 0.1) is 0 Å². The summed E-state index contributed by atoms with van der Waals surface area (Å²) in [7, 11) is -2.22. The number of hydrogen-bond donors (Lipinski definition) is 3. The summed E-state index contributed by atoms with van der Waals surface area (Å²) < 4.78 is 32.2. The molecule has 9 nitrogen and oxygen atoms in total. The second-order valence-electron chi connectivity index (χ2n) is 6.50. The highest BCUT2D eigenvalue weighted by Crippen LogP contribution is 2.39. The number of nitrogens with two attached hydrogens (primary N) is 1. The Morgan fingerprint density at radius 1 is 1.38 bits per heavy atom. The van der Waals surface area contributed by atoms with Crippen molar-refractivity contribution in [3.63, 3.8) is 0 Å².